The van der Waals surface area contributed by atoms with Crippen molar-refractivity contribution in [3.8, 4) is 11.5 Å². The number of benzene rings is 1. The number of aromatic nitrogens is 1. The highest BCUT2D eigenvalue weighted by Gasteiger charge is 2.20. The zero-order chi connectivity index (χ0) is 19.4. The summed E-state index contributed by atoms with van der Waals surface area (Å²) >= 11 is 0. The van der Waals surface area contributed by atoms with Crippen LogP contribution in [-0.4, -0.2) is 39.3 Å². The van der Waals surface area contributed by atoms with Crippen LogP contribution in [-0.2, 0) is 26.2 Å². The van der Waals surface area contributed by atoms with Gasteiger partial charge in [-0.3, -0.25) is 4.79 Å². The first-order chi connectivity index (χ1) is 12.9. The molecule has 0 atom stereocenters. The van der Waals surface area contributed by atoms with E-state index >= 15 is 0 Å². The summed E-state index contributed by atoms with van der Waals surface area (Å²) in [5, 5.41) is 3.76. The van der Waals surface area contributed by atoms with E-state index in [1.54, 1.807) is 13.8 Å². The molecule has 1 N–H and O–H groups in total. The van der Waals surface area contributed by atoms with E-state index in [-0.39, 0.29) is 11.5 Å². The van der Waals surface area contributed by atoms with Crippen molar-refractivity contribution >= 4 is 16.0 Å². The maximum Gasteiger partial charge on any atom is 0.321 e. The number of rotatable bonds is 6. The van der Waals surface area contributed by atoms with Crippen molar-refractivity contribution < 1.29 is 31.9 Å². The van der Waals surface area contributed by atoms with Crippen LogP contribution in [0.1, 0.15) is 23.4 Å². The number of sulfonamides is 1. The fraction of sp³-hybridized carbons (Fsp3) is 0.412. The molecule has 9 nitrogen and oxygen atoms in total. The molecule has 0 saturated carbocycles. The number of hydrogen-bond donors (Lipinski definition) is 1. The fourth-order valence-electron chi connectivity index (χ4n) is 2.46. The van der Waals surface area contributed by atoms with Crippen molar-refractivity contribution in [2.24, 2.45) is 0 Å². The zero-order valence-electron chi connectivity index (χ0n) is 15.0. The van der Waals surface area contributed by atoms with Crippen molar-refractivity contribution in [3.05, 3.63) is 35.2 Å². The van der Waals surface area contributed by atoms with E-state index in [4.69, 9.17) is 18.7 Å². The number of fused-ring (bicyclic) bond motifs is 1. The first kappa shape index (κ1) is 19.2. The smallest absolute Gasteiger partial charge is 0.321 e. The normalized spacial score (nSPS) is 13.9. The lowest BCUT2D eigenvalue weighted by molar-refractivity contribution is -0.143. The van der Waals surface area contributed by atoms with Crippen molar-refractivity contribution in [1.29, 1.82) is 0 Å². The molecule has 0 radical (unpaired) electrons. The number of aryl methyl sites for hydroxylation is 2. The fourth-order valence-corrected chi connectivity index (χ4v) is 3.44. The SMILES string of the molecule is Cc1noc(C)c1COC(=O)CNS(=O)(=O)c1ccc2c(c1)OCCCO2. The van der Waals surface area contributed by atoms with Crippen molar-refractivity contribution in [3.63, 3.8) is 0 Å². The van der Waals surface area contributed by atoms with Crippen LogP contribution in [0.4, 0.5) is 0 Å². The molecule has 1 aliphatic heterocycles. The Labute approximate surface area is 156 Å². The monoisotopic (exact) mass is 396 g/mol. The van der Waals surface area contributed by atoms with Crippen molar-refractivity contribution in [2.45, 2.75) is 31.8 Å². The molecule has 1 aromatic heterocycles. The molecule has 0 bridgehead atoms. The number of esters is 1. The van der Waals surface area contributed by atoms with Gasteiger partial charge in [0.1, 0.15) is 18.9 Å². The van der Waals surface area contributed by atoms with Gasteiger partial charge in [-0.1, -0.05) is 5.16 Å². The van der Waals surface area contributed by atoms with E-state index < -0.39 is 22.5 Å². The standard InChI is InChI=1S/C17H20N2O7S/c1-11-14(12(2)26-19-11)10-25-17(20)9-18-27(21,22)13-4-5-15-16(8-13)24-7-3-6-23-15/h4-5,8,18H,3,6-7,9-10H2,1-2H3. The number of ether oxygens (including phenoxy) is 3. The van der Waals surface area contributed by atoms with Gasteiger partial charge in [-0.2, -0.15) is 4.72 Å². The lowest BCUT2D eigenvalue weighted by Crippen LogP contribution is -2.30. The molecule has 0 saturated heterocycles. The minimum Gasteiger partial charge on any atom is -0.490 e. The number of hydrogen-bond acceptors (Lipinski definition) is 8. The second kappa shape index (κ2) is 7.97. The Kier molecular flexibility index (Phi) is 5.66. The van der Waals surface area contributed by atoms with Crippen molar-refractivity contribution in [1.82, 2.24) is 9.88 Å². The third-order valence-corrected chi connectivity index (χ3v) is 5.39. The lowest BCUT2D eigenvalue weighted by atomic mass is 10.2. The van der Waals surface area contributed by atoms with Crippen LogP contribution in [0.5, 0.6) is 11.5 Å². The molecule has 0 fully saturated rings. The minimum atomic E-state index is -3.91. The summed E-state index contributed by atoms with van der Waals surface area (Å²) in [4.78, 5) is 11.8. The molecule has 10 heteroatoms. The van der Waals surface area contributed by atoms with E-state index in [1.807, 2.05) is 0 Å². The highest BCUT2D eigenvalue weighted by atomic mass is 32.2. The molecule has 146 valence electrons. The molecular formula is C17H20N2O7S. The number of nitrogens with one attached hydrogen (secondary N) is 1. The molecule has 2 heterocycles. The van der Waals surface area contributed by atoms with Crippen LogP contribution < -0.4 is 14.2 Å². The Hall–Kier alpha value is -2.59. The third-order valence-electron chi connectivity index (χ3n) is 3.99. The van der Waals surface area contributed by atoms with Gasteiger partial charge in [0.2, 0.25) is 10.0 Å². The second-order valence-electron chi connectivity index (χ2n) is 5.95. The zero-order valence-corrected chi connectivity index (χ0v) is 15.8. The van der Waals surface area contributed by atoms with Crippen LogP contribution in [0, 0.1) is 13.8 Å². The van der Waals surface area contributed by atoms with Gasteiger partial charge in [0.05, 0.1) is 29.4 Å². The molecule has 1 aromatic carbocycles. The predicted octanol–water partition coefficient (Wildman–Crippen LogP) is 1.47. The summed E-state index contributed by atoms with van der Waals surface area (Å²) in [5.74, 6) is 0.683. The Bertz CT molecular complexity index is 917. The van der Waals surface area contributed by atoms with Crippen LogP contribution in [0.2, 0.25) is 0 Å². The Morgan fingerprint density at radius 3 is 2.67 bits per heavy atom. The molecule has 0 unspecified atom stereocenters. The van der Waals surface area contributed by atoms with Gasteiger partial charge in [0.25, 0.3) is 0 Å². The Balaban J connectivity index is 1.59. The van der Waals surface area contributed by atoms with E-state index in [2.05, 4.69) is 9.88 Å². The summed E-state index contributed by atoms with van der Waals surface area (Å²) in [6.45, 7) is 3.85. The van der Waals surface area contributed by atoms with Gasteiger partial charge in [0, 0.05) is 12.5 Å². The third kappa shape index (κ3) is 4.58. The second-order valence-corrected chi connectivity index (χ2v) is 7.71. The molecule has 0 aliphatic carbocycles. The lowest BCUT2D eigenvalue weighted by Gasteiger charge is -2.11. The maximum atomic E-state index is 12.4. The predicted molar refractivity (Wildman–Crippen MR) is 93.0 cm³/mol. The molecule has 1 aliphatic rings. The van der Waals surface area contributed by atoms with Crippen LogP contribution >= 0.6 is 0 Å². The van der Waals surface area contributed by atoms with Gasteiger partial charge < -0.3 is 18.7 Å². The van der Waals surface area contributed by atoms with Crippen molar-refractivity contribution in [2.75, 3.05) is 19.8 Å². The topological polar surface area (TPSA) is 117 Å². The number of carbonyl (C=O) groups is 1. The molecule has 0 amide bonds. The minimum absolute atomic E-state index is 0.0229. The Morgan fingerprint density at radius 2 is 1.96 bits per heavy atom. The van der Waals surface area contributed by atoms with Crippen LogP contribution in [0.3, 0.4) is 0 Å². The number of carbonyl (C=O) groups excluding carboxylic acids is 1. The highest BCUT2D eigenvalue weighted by Crippen LogP contribution is 2.31. The molecular weight excluding hydrogens is 376 g/mol. The van der Waals surface area contributed by atoms with Gasteiger partial charge in [-0.15, -0.1) is 0 Å². The first-order valence-corrected chi connectivity index (χ1v) is 9.82. The van der Waals surface area contributed by atoms with E-state index in [9.17, 15) is 13.2 Å². The van der Waals surface area contributed by atoms with Gasteiger partial charge in [0.15, 0.2) is 11.5 Å². The molecule has 0 spiro atoms. The average Bonchev–Trinajstić information content (AvgIpc) is 2.84. The van der Waals surface area contributed by atoms with Gasteiger partial charge >= 0.3 is 5.97 Å². The summed E-state index contributed by atoms with van der Waals surface area (Å²) in [6, 6.07) is 4.30. The molecule has 2 aromatic rings. The quantitative estimate of drug-likeness (QED) is 0.730. The van der Waals surface area contributed by atoms with E-state index in [0.29, 0.717) is 48.2 Å². The summed E-state index contributed by atoms with van der Waals surface area (Å²) in [5.41, 5.74) is 1.28. The summed E-state index contributed by atoms with van der Waals surface area (Å²) < 4.78 is 48.1. The van der Waals surface area contributed by atoms with E-state index in [0.717, 1.165) is 0 Å². The summed E-state index contributed by atoms with van der Waals surface area (Å²) in [7, 11) is -3.91. The van der Waals surface area contributed by atoms with Gasteiger partial charge in [-0.25, -0.2) is 8.42 Å². The highest BCUT2D eigenvalue weighted by molar-refractivity contribution is 7.89. The largest absolute Gasteiger partial charge is 0.490 e. The van der Waals surface area contributed by atoms with Crippen LogP contribution in [0.15, 0.2) is 27.6 Å². The van der Waals surface area contributed by atoms with E-state index in [1.165, 1.54) is 18.2 Å². The number of nitrogens with zero attached hydrogens (tertiary/aromatic N) is 1. The maximum absolute atomic E-state index is 12.4. The Morgan fingerprint density at radius 1 is 1.22 bits per heavy atom. The van der Waals surface area contributed by atoms with Gasteiger partial charge in [-0.05, 0) is 26.0 Å². The molecule has 3 rings (SSSR count). The summed E-state index contributed by atoms with van der Waals surface area (Å²) in [6.07, 6.45) is 0.714. The first-order valence-electron chi connectivity index (χ1n) is 8.33. The van der Waals surface area contributed by atoms with Crippen LogP contribution in [0.25, 0.3) is 0 Å². The molecule has 27 heavy (non-hydrogen) atoms. The average molecular weight is 396 g/mol.